The summed E-state index contributed by atoms with van der Waals surface area (Å²) >= 11 is 6.08. The van der Waals surface area contributed by atoms with Crippen molar-refractivity contribution in [1.29, 1.82) is 0 Å². The van der Waals surface area contributed by atoms with Gasteiger partial charge in [-0.25, -0.2) is 9.78 Å². The van der Waals surface area contributed by atoms with Gasteiger partial charge in [-0.1, -0.05) is 41.9 Å². The van der Waals surface area contributed by atoms with E-state index in [0.717, 1.165) is 21.9 Å². The number of primary amides is 1. The van der Waals surface area contributed by atoms with E-state index in [4.69, 9.17) is 31.5 Å². The van der Waals surface area contributed by atoms with Crippen LogP contribution in [0, 0.1) is 0 Å². The minimum atomic E-state index is -4.72. The van der Waals surface area contributed by atoms with Crippen LogP contribution in [0.1, 0.15) is 41.1 Å². The Morgan fingerprint density at radius 3 is 2.62 bits per heavy atom. The molecule has 1 heterocycles. The van der Waals surface area contributed by atoms with Crippen LogP contribution in [0.15, 0.2) is 54.7 Å². The number of methoxy groups -OCH3 is 1. The first-order chi connectivity index (χ1) is 19.9. The number of benzene rings is 2. The smallest absolute Gasteiger partial charge is 0.421 e. The quantitative estimate of drug-likeness (QED) is 0.264. The number of pyridine rings is 1. The van der Waals surface area contributed by atoms with Gasteiger partial charge in [0.15, 0.2) is 0 Å². The summed E-state index contributed by atoms with van der Waals surface area (Å²) in [7, 11) is -3.23. The van der Waals surface area contributed by atoms with E-state index in [9.17, 15) is 26.4 Å². The number of carbonyl (C=O) groups is 1. The molecule has 2 aromatic carbocycles. The van der Waals surface area contributed by atoms with Gasteiger partial charge in [-0.3, -0.25) is 0 Å². The predicted octanol–water partition coefficient (Wildman–Crippen LogP) is 5.79. The molecular weight excluding hydrogens is 603 g/mol. The molecule has 1 aromatic heterocycles. The van der Waals surface area contributed by atoms with E-state index in [-0.39, 0.29) is 37.0 Å². The zero-order valence-electron chi connectivity index (χ0n) is 22.3. The Balaban J connectivity index is 1.76. The fraction of sp³-hybridized carbons (Fsp3) is 0.333. The van der Waals surface area contributed by atoms with Gasteiger partial charge in [0.2, 0.25) is 5.88 Å². The van der Waals surface area contributed by atoms with Crippen LogP contribution in [0.3, 0.4) is 0 Å². The topological polar surface area (TPSA) is 130 Å². The van der Waals surface area contributed by atoms with E-state index in [0.29, 0.717) is 30.9 Å². The largest absolute Gasteiger partial charge is 0.491 e. The number of nitrogens with zero attached hydrogens (tertiary/aromatic N) is 2. The molecule has 1 unspecified atom stereocenters. The fourth-order valence-electron chi connectivity index (χ4n) is 4.54. The minimum Gasteiger partial charge on any atom is -0.491 e. The number of ether oxygens (including phenoxy) is 3. The molecular formula is C27H27ClF3N3O7S. The summed E-state index contributed by atoms with van der Waals surface area (Å²) in [6.45, 7) is 0.0583. The van der Waals surface area contributed by atoms with Crippen molar-refractivity contribution in [3.05, 3.63) is 82.0 Å². The van der Waals surface area contributed by atoms with Crippen molar-refractivity contribution in [2.75, 3.05) is 20.3 Å². The average molecular weight is 630 g/mol. The van der Waals surface area contributed by atoms with Gasteiger partial charge in [-0.2, -0.15) is 25.9 Å². The van der Waals surface area contributed by atoms with Crippen molar-refractivity contribution in [2.45, 2.75) is 38.0 Å². The van der Waals surface area contributed by atoms with Gasteiger partial charge in [0.05, 0.1) is 18.2 Å². The van der Waals surface area contributed by atoms with Crippen LogP contribution in [0.2, 0.25) is 5.02 Å². The van der Waals surface area contributed by atoms with E-state index in [1.165, 1.54) is 19.2 Å². The molecule has 0 aliphatic heterocycles. The normalized spacial score (nSPS) is 15.2. The Morgan fingerprint density at radius 2 is 1.93 bits per heavy atom. The maximum atomic E-state index is 13.3. The van der Waals surface area contributed by atoms with E-state index >= 15 is 0 Å². The Bertz CT molecular complexity index is 1540. The lowest BCUT2D eigenvalue weighted by Gasteiger charge is -2.34. The van der Waals surface area contributed by atoms with Gasteiger partial charge >= 0.3 is 22.6 Å². The molecule has 0 spiro atoms. The molecule has 0 saturated carbocycles. The molecule has 15 heteroatoms. The van der Waals surface area contributed by atoms with Crippen molar-refractivity contribution >= 4 is 28.0 Å². The van der Waals surface area contributed by atoms with Crippen molar-refractivity contribution in [3.8, 4) is 17.4 Å². The lowest BCUT2D eigenvalue weighted by atomic mass is 9.87. The van der Waals surface area contributed by atoms with Crippen molar-refractivity contribution < 1.29 is 44.8 Å². The second kappa shape index (κ2) is 13.2. The number of fused-ring (bicyclic) bond motifs is 1. The number of halogens is 4. The summed E-state index contributed by atoms with van der Waals surface area (Å²) in [6, 6.07) is 11.7. The van der Waals surface area contributed by atoms with Gasteiger partial charge < -0.3 is 24.1 Å². The maximum Gasteiger partial charge on any atom is 0.421 e. The van der Waals surface area contributed by atoms with Gasteiger partial charge in [0.25, 0.3) is 0 Å². The average Bonchev–Trinajstić information content (AvgIpc) is 2.92. The third-order valence-corrected chi connectivity index (χ3v) is 8.03. The molecule has 0 fully saturated rings. The third-order valence-electron chi connectivity index (χ3n) is 6.42. The molecule has 42 heavy (non-hydrogen) atoms. The second-order valence-electron chi connectivity index (χ2n) is 9.23. The molecule has 1 aliphatic carbocycles. The number of amides is 1. The highest BCUT2D eigenvalue weighted by Crippen LogP contribution is 2.40. The molecule has 0 saturated heterocycles. The van der Waals surface area contributed by atoms with E-state index in [2.05, 4.69) is 9.17 Å². The van der Waals surface area contributed by atoms with Crippen LogP contribution >= 0.6 is 11.6 Å². The van der Waals surface area contributed by atoms with Gasteiger partial charge in [0, 0.05) is 31.5 Å². The number of aryl methyl sites for hydroxylation is 1. The van der Waals surface area contributed by atoms with Crippen LogP contribution in [-0.2, 0) is 38.4 Å². The number of alkyl halides is 3. The number of nitrogens with two attached hydrogens (primary N) is 1. The lowest BCUT2D eigenvalue weighted by Crippen LogP contribution is -2.39. The summed E-state index contributed by atoms with van der Waals surface area (Å²) < 4.78 is 88.1. The zero-order valence-corrected chi connectivity index (χ0v) is 23.8. The van der Waals surface area contributed by atoms with Crippen molar-refractivity contribution in [1.82, 2.24) is 9.29 Å². The zero-order chi connectivity index (χ0) is 30.5. The molecule has 1 atom stereocenters. The van der Waals surface area contributed by atoms with Crippen LogP contribution in [0.25, 0.3) is 0 Å². The van der Waals surface area contributed by atoms with Crippen LogP contribution in [0.5, 0.6) is 17.4 Å². The highest BCUT2D eigenvalue weighted by atomic mass is 35.5. The monoisotopic (exact) mass is 629 g/mol. The summed E-state index contributed by atoms with van der Waals surface area (Å²) in [5.74, 6) is -0.0761. The molecule has 0 radical (unpaired) electrons. The highest BCUT2D eigenvalue weighted by Gasteiger charge is 2.37. The molecule has 10 nitrogen and oxygen atoms in total. The van der Waals surface area contributed by atoms with Crippen LogP contribution in [-0.4, -0.2) is 44.1 Å². The number of hydrogen-bond donors (Lipinski definition) is 1. The highest BCUT2D eigenvalue weighted by molar-refractivity contribution is 7.84. The predicted molar refractivity (Wildman–Crippen MR) is 145 cm³/mol. The van der Waals surface area contributed by atoms with E-state index in [1.54, 1.807) is 18.2 Å². The molecule has 1 amide bonds. The maximum absolute atomic E-state index is 13.3. The number of carbonyl (C=O) groups excluding carboxylic acids is 1. The Kier molecular flexibility index (Phi) is 9.82. The Morgan fingerprint density at radius 1 is 1.17 bits per heavy atom. The minimum absolute atomic E-state index is 0.0116. The summed E-state index contributed by atoms with van der Waals surface area (Å²) in [4.78, 5) is 15.3. The van der Waals surface area contributed by atoms with Gasteiger partial charge in [-0.15, -0.1) is 0 Å². The van der Waals surface area contributed by atoms with E-state index in [1.807, 2.05) is 12.1 Å². The summed E-state index contributed by atoms with van der Waals surface area (Å²) in [6.07, 6.45) is -3.82. The lowest BCUT2D eigenvalue weighted by molar-refractivity contribution is -0.137. The van der Waals surface area contributed by atoms with Gasteiger partial charge in [-0.05, 0) is 42.5 Å². The summed E-state index contributed by atoms with van der Waals surface area (Å²) in [5.41, 5.74) is 5.92. The van der Waals surface area contributed by atoms with Crippen LogP contribution in [0.4, 0.5) is 18.0 Å². The fourth-order valence-corrected chi connectivity index (χ4v) is 5.88. The number of aromatic nitrogens is 1. The van der Waals surface area contributed by atoms with Gasteiger partial charge in [0.1, 0.15) is 23.1 Å². The summed E-state index contributed by atoms with van der Waals surface area (Å²) in [5, 5.41) is -0.427. The molecule has 4 rings (SSSR count). The third kappa shape index (κ3) is 7.62. The molecule has 3 aromatic rings. The standard InChI is InChI=1S/C27H27ClF3N3O7S/c1-38-11-12-39-20-10-9-18(24(14-20)40-25-22(28)13-19(15-33-25)27(29,30)31)16-34(42(36,37)41-26(32)35)23-8-4-6-17-5-2-3-7-21(17)23/h2-3,5,7,9-10,13-15,23H,4,6,8,11-12,16H2,1H3,(H2,32,35). The molecule has 1 aliphatic rings. The Hall–Kier alpha value is -3.59. The number of rotatable bonds is 11. The first-order valence-corrected chi connectivity index (χ1v) is 14.4. The first-order valence-electron chi connectivity index (χ1n) is 12.6. The van der Waals surface area contributed by atoms with E-state index < -0.39 is 39.2 Å². The first kappa shape index (κ1) is 31.3. The second-order valence-corrected chi connectivity index (χ2v) is 11.1. The molecule has 2 N–H and O–H groups in total. The van der Waals surface area contributed by atoms with Crippen molar-refractivity contribution in [3.63, 3.8) is 0 Å². The Labute approximate surface area is 245 Å². The number of hydrogen-bond acceptors (Lipinski definition) is 8. The van der Waals surface area contributed by atoms with Crippen molar-refractivity contribution in [2.24, 2.45) is 5.73 Å². The van der Waals surface area contributed by atoms with Crippen LogP contribution < -0.4 is 15.2 Å². The SMILES string of the molecule is COCCOc1ccc(CN(C2CCCc3ccccc32)S(=O)(=O)OC(N)=O)c(Oc2ncc(C(F)(F)F)cc2Cl)c1. The molecule has 226 valence electrons. The molecule has 0 bridgehead atoms.